The molecule has 0 bridgehead atoms. The molecule has 2 N–H and O–H groups in total. The molecule has 1 heterocycles. The van der Waals surface area contributed by atoms with Gasteiger partial charge < -0.3 is 15.2 Å². The molecule has 0 radical (unpaired) electrons. The molecule has 0 saturated heterocycles. The maximum absolute atomic E-state index is 13.4. The number of methoxy groups -OCH3 is 1. The van der Waals surface area contributed by atoms with Gasteiger partial charge in [0.2, 0.25) is 5.91 Å². The standard InChI is InChI=1S/C24H26N2O4/c1-3-7-22(29)26-18-10-5-4-8-16(18)25-17-9-6-11-20(28)23(17)24(26)15-12-13-19(27)21(14-15)30-2/h4-5,8,10,12-14,24-25,27H,3,6-7,9,11H2,1-2H3/t24-/m1/s1. The molecule has 1 amide bonds. The van der Waals surface area contributed by atoms with Crippen LogP contribution in [0.15, 0.2) is 53.7 Å². The van der Waals surface area contributed by atoms with E-state index in [2.05, 4.69) is 5.32 Å². The minimum absolute atomic E-state index is 0.0176. The summed E-state index contributed by atoms with van der Waals surface area (Å²) in [5, 5.41) is 13.5. The van der Waals surface area contributed by atoms with Crippen LogP contribution in [0.5, 0.6) is 11.5 Å². The molecule has 0 aromatic heterocycles. The second-order valence-electron chi connectivity index (χ2n) is 7.66. The Bertz CT molecular complexity index is 1030. The molecule has 4 rings (SSSR count). The Kier molecular flexibility index (Phi) is 5.48. The Hall–Kier alpha value is -3.28. The van der Waals surface area contributed by atoms with Gasteiger partial charge in [-0.25, -0.2) is 0 Å². The molecule has 0 saturated carbocycles. The third-order valence-electron chi connectivity index (χ3n) is 5.69. The lowest BCUT2D eigenvalue weighted by Crippen LogP contribution is -2.37. The van der Waals surface area contributed by atoms with Crippen molar-refractivity contribution in [3.63, 3.8) is 0 Å². The summed E-state index contributed by atoms with van der Waals surface area (Å²) in [4.78, 5) is 28.3. The highest BCUT2D eigenvalue weighted by Crippen LogP contribution is 2.46. The van der Waals surface area contributed by atoms with E-state index in [9.17, 15) is 14.7 Å². The number of phenols is 1. The van der Waals surface area contributed by atoms with Crippen molar-refractivity contribution in [3.05, 3.63) is 59.3 Å². The fraction of sp³-hybridized carbons (Fsp3) is 0.333. The van der Waals surface area contributed by atoms with E-state index in [1.807, 2.05) is 31.2 Å². The lowest BCUT2D eigenvalue weighted by molar-refractivity contribution is -0.119. The molecule has 0 spiro atoms. The van der Waals surface area contributed by atoms with Crippen LogP contribution < -0.4 is 15.0 Å². The van der Waals surface area contributed by atoms with E-state index >= 15 is 0 Å². The van der Waals surface area contributed by atoms with E-state index in [1.54, 1.807) is 23.1 Å². The normalized spacial score (nSPS) is 18.3. The Morgan fingerprint density at radius 1 is 1.23 bits per heavy atom. The molecule has 30 heavy (non-hydrogen) atoms. The number of aromatic hydroxyl groups is 1. The van der Waals surface area contributed by atoms with Crippen molar-refractivity contribution in [1.82, 2.24) is 0 Å². The number of benzene rings is 2. The topological polar surface area (TPSA) is 78.9 Å². The van der Waals surface area contributed by atoms with Crippen LogP contribution in [0.3, 0.4) is 0 Å². The summed E-state index contributed by atoms with van der Waals surface area (Å²) in [6.07, 6.45) is 3.06. The van der Waals surface area contributed by atoms with Crippen molar-refractivity contribution in [2.75, 3.05) is 17.3 Å². The Morgan fingerprint density at radius 3 is 2.80 bits per heavy atom. The average Bonchev–Trinajstić information content (AvgIpc) is 2.89. The van der Waals surface area contributed by atoms with Gasteiger partial charge in [0.25, 0.3) is 0 Å². The Balaban J connectivity index is 1.99. The quantitative estimate of drug-likeness (QED) is 0.769. The fourth-order valence-corrected chi connectivity index (χ4v) is 4.32. The molecule has 156 valence electrons. The number of phenolic OH excluding ortho intramolecular Hbond substituents is 1. The highest BCUT2D eigenvalue weighted by atomic mass is 16.5. The summed E-state index contributed by atoms with van der Waals surface area (Å²) >= 11 is 0. The average molecular weight is 406 g/mol. The number of para-hydroxylation sites is 2. The fourth-order valence-electron chi connectivity index (χ4n) is 4.32. The first-order chi connectivity index (χ1) is 14.5. The number of hydrogen-bond donors (Lipinski definition) is 2. The monoisotopic (exact) mass is 406 g/mol. The number of rotatable bonds is 4. The summed E-state index contributed by atoms with van der Waals surface area (Å²) in [6, 6.07) is 12.1. The number of fused-ring (bicyclic) bond motifs is 1. The van der Waals surface area contributed by atoms with Gasteiger partial charge in [0.1, 0.15) is 0 Å². The SMILES string of the molecule is CCCC(=O)N1c2ccccc2NC2=C(C(=O)CCC2)[C@H]1c1ccc(O)c(OC)c1. The van der Waals surface area contributed by atoms with Gasteiger partial charge in [-0.05, 0) is 49.1 Å². The molecule has 0 unspecified atom stereocenters. The Labute approximate surface area is 176 Å². The lowest BCUT2D eigenvalue weighted by Gasteiger charge is -2.34. The molecule has 1 atom stereocenters. The lowest BCUT2D eigenvalue weighted by atomic mass is 9.85. The number of allylic oxidation sites excluding steroid dienone is 1. The van der Waals surface area contributed by atoms with E-state index in [1.165, 1.54) is 7.11 Å². The van der Waals surface area contributed by atoms with Crippen molar-refractivity contribution >= 4 is 23.1 Å². The number of nitrogens with zero attached hydrogens (tertiary/aromatic N) is 1. The minimum atomic E-state index is -0.586. The molecular weight excluding hydrogens is 380 g/mol. The van der Waals surface area contributed by atoms with Gasteiger partial charge in [0.15, 0.2) is 17.3 Å². The first kappa shape index (κ1) is 20.0. The third-order valence-corrected chi connectivity index (χ3v) is 5.69. The largest absolute Gasteiger partial charge is 0.504 e. The van der Waals surface area contributed by atoms with Crippen molar-refractivity contribution in [2.24, 2.45) is 0 Å². The molecule has 6 nitrogen and oxygen atoms in total. The summed E-state index contributed by atoms with van der Waals surface area (Å²) in [7, 11) is 1.49. The van der Waals surface area contributed by atoms with E-state index in [0.717, 1.165) is 35.5 Å². The van der Waals surface area contributed by atoms with Crippen molar-refractivity contribution in [1.29, 1.82) is 0 Å². The van der Waals surface area contributed by atoms with E-state index in [0.29, 0.717) is 30.6 Å². The number of nitrogens with one attached hydrogen (secondary N) is 1. The van der Waals surface area contributed by atoms with Crippen LogP contribution in [-0.4, -0.2) is 23.9 Å². The number of ketones is 1. The van der Waals surface area contributed by atoms with Crippen molar-refractivity contribution in [2.45, 2.75) is 45.1 Å². The van der Waals surface area contributed by atoms with Crippen LogP contribution in [0.4, 0.5) is 11.4 Å². The molecule has 1 aliphatic carbocycles. The van der Waals surface area contributed by atoms with Crippen LogP contribution in [0, 0.1) is 0 Å². The van der Waals surface area contributed by atoms with Gasteiger partial charge in [-0.3, -0.25) is 14.5 Å². The van der Waals surface area contributed by atoms with E-state index in [-0.39, 0.29) is 17.4 Å². The highest BCUT2D eigenvalue weighted by Gasteiger charge is 2.39. The number of carbonyl (C=O) groups excluding carboxylic acids is 2. The number of ether oxygens (including phenoxy) is 1. The molecule has 2 aromatic rings. The minimum Gasteiger partial charge on any atom is -0.504 e. The number of carbonyl (C=O) groups is 2. The van der Waals surface area contributed by atoms with Gasteiger partial charge in [-0.15, -0.1) is 0 Å². The predicted molar refractivity (Wildman–Crippen MR) is 116 cm³/mol. The number of amides is 1. The van der Waals surface area contributed by atoms with Gasteiger partial charge in [0, 0.05) is 24.1 Å². The molecule has 2 aliphatic rings. The van der Waals surface area contributed by atoms with Gasteiger partial charge in [-0.2, -0.15) is 0 Å². The van der Waals surface area contributed by atoms with Crippen LogP contribution in [0.1, 0.15) is 50.6 Å². The van der Waals surface area contributed by atoms with Crippen LogP contribution in [0.2, 0.25) is 0 Å². The van der Waals surface area contributed by atoms with Crippen LogP contribution >= 0.6 is 0 Å². The molecule has 2 aromatic carbocycles. The predicted octanol–water partition coefficient (Wildman–Crippen LogP) is 4.71. The van der Waals surface area contributed by atoms with Crippen molar-refractivity contribution < 1.29 is 19.4 Å². The summed E-state index contributed by atoms with van der Waals surface area (Å²) in [6.45, 7) is 1.97. The zero-order valence-corrected chi connectivity index (χ0v) is 17.3. The van der Waals surface area contributed by atoms with Crippen LogP contribution in [-0.2, 0) is 9.59 Å². The Morgan fingerprint density at radius 2 is 2.03 bits per heavy atom. The van der Waals surface area contributed by atoms with Gasteiger partial charge in [0.05, 0.1) is 24.5 Å². The van der Waals surface area contributed by atoms with Gasteiger partial charge >= 0.3 is 0 Å². The highest BCUT2D eigenvalue weighted by molar-refractivity contribution is 6.06. The first-order valence-corrected chi connectivity index (χ1v) is 10.4. The van der Waals surface area contributed by atoms with Gasteiger partial charge in [-0.1, -0.05) is 25.1 Å². The molecule has 0 fully saturated rings. The molecule has 1 aliphatic heterocycles. The zero-order chi connectivity index (χ0) is 21.3. The number of Topliss-reactive ketones (excluding diaryl/α,β-unsaturated/α-hetero) is 1. The summed E-state index contributed by atoms with van der Waals surface area (Å²) in [5.41, 5.74) is 3.78. The number of hydrogen-bond acceptors (Lipinski definition) is 5. The number of anilines is 2. The van der Waals surface area contributed by atoms with E-state index < -0.39 is 6.04 Å². The second kappa shape index (κ2) is 8.22. The maximum atomic E-state index is 13.4. The molecule has 6 heteroatoms. The van der Waals surface area contributed by atoms with Crippen LogP contribution in [0.25, 0.3) is 0 Å². The third kappa shape index (κ3) is 3.43. The summed E-state index contributed by atoms with van der Waals surface area (Å²) < 4.78 is 5.31. The van der Waals surface area contributed by atoms with Crippen molar-refractivity contribution in [3.8, 4) is 11.5 Å². The summed E-state index contributed by atoms with van der Waals surface area (Å²) in [5.74, 6) is 0.328. The second-order valence-corrected chi connectivity index (χ2v) is 7.66. The van der Waals surface area contributed by atoms with E-state index in [4.69, 9.17) is 4.74 Å². The smallest absolute Gasteiger partial charge is 0.227 e. The zero-order valence-electron chi connectivity index (χ0n) is 17.3. The maximum Gasteiger partial charge on any atom is 0.227 e. The molecular formula is C24H26N2O4. The first-order valence-electron chi connectivity index (χ1n) is 10.4.